The number of hydrogen-bond donors (Lipinski definition) is 1. The molecule has 0 amide bonds. The summed E-state index contributed by atoms with van der Waals surface area (Å²) >= 11 is 0. The molecule has 1 unspecified atom stereocenters. The second-order valence-corrected chi connectivity index (χ2v) is 4.25. The molecule has 3 nitrogen and oxygen atoms in total. The van der Waals surface area contributed by atoms with Crippen molar-refractivity contribution >= 4 is 5.97 Å². The van der Waals surface area contributed by atoms with Crippen molar-refractivity contribution in [2.75, 3.05) is 0 Å². The highest BCUT2D eigenvalue weighted by Gasteiger charge is 2.20. The fraction of sp³-hybridized carbons (Fsp3) is 0.500. The summed E-state index contributed by atoms with van der Waals surface area (Å²) in [6.07, 6.45) is 2.32. The van der Waals surface area contributed by atoms with Gasteiger partial charge in [0, 0.05) is 11.9 Å². The Morgan fingerprint density at radius 1 is 1.47 bits per heavy atom. The van der Waals surface area contributed by atoms with E-state index >= 15 is 0 Å². The normalized spacial score (nSPS) is 12.8. The Bertz CT molecular complexity index is 330. The summed E-state index contributed by atoms with van der Waals surface area (Å²) in [7, 11) is 0. The molecule has 1 N–H and O–H groups in total. The highest BCUT2D eigenvalue weighted by molar-refractivity contribution is 5.75. The summed E-state index contributed by atoms with van der Waals surface area (Å²) in [4.78, 5) is 15.2. The largest absolute Gasteiger partial charge is 0.481 e. The van der Waals surface area contributed by atoms with Gasteiger partial charge in [0.1, 0.15) is 0 Å². The van der Waals surface area contributed by atoms with Crippen LogP contribution in [0.3, 0.4) is 0 Å². The molecule has 15 heavy (non-hydrogen) atoms. The highest BCUT2D eigenvalue weighted by Crippen LogP contribution is 2.23. The molecule has 82 valence electrons. The van der Waals surface area contributed by atoms with Gasteiger partial charge in [0.2, 0.25) is 0 Å². The van der Waals surface area contributed by atoms with Gasteiger partial charge in [-0.2, -0.15) is 0 Å². The summed E-state index contributed by atoms with van der Waals surface area (Å²) in [5.41, 5.74) is 1.70. The fourth-order valence-electron chi connectivity index (χ4n) is 1.54. The van der Waals surface area contributed by atoms with Gasteiger partial charge in [0.05, 0.1) is 5.92 Å². The number of aryl methyl sites for hydroxylation is 1. The van der Waals surface area contributed by atoms with Crippen LogP contribution in [0.15, 0.2) is 18.3 Å². The molecule has 1 atom stereocenters. The number of aromatic nitrogens is 1. The van der Waals surface area contributed by atoms with E-state index in [2.05, 4.69) is 4.98 Å². The topological polar surface area (TPSA) is 50.2 Å². The number of pyridine rings is 1. The maximum absolute atomic E-state index is 11.1. The van der Waals surface area contributed by atoms with Crippen molar-refractivity contribution in [3.63, 3.8) is 0 Å². The second-order valence-electron chi connectivity index (χ2n) is 4.25. The Kier molecular flexibility index (Phi) is 3.83. The van der Waals surface area contributed by atoms with Crippen molar-refractivity contribution in [3.05, 3.63) is 29.6 Å². The molecule has 1 aromatic rings. The van der Waals surface area contributed by atoms with Crippen LogP contribution in [0.2, 0.25) is 0 Å². The molecule has 0 aliphatic rings. The monoisotopic (exact) mass is 207 g/mol. The van der Waals surface area contributed by atoms with Crippen molar-refractivity contribution in [2.24, 2.45) is 5.92 Å². The van der Waals surface area contributed by atoms with E-state index in [0.717, 1.165) is 11.3 Å². The molecule has 0 bridgehead atoms. The van der Waals surface area contributed by atoms with Crippen molar-refractivity contribution in [1.29, 1.82) is 0 Å². The van der Waals surface area contributed by atoms with E-state index in [0.29, 0.717) is 12.3 Å². The summed E-state index contributed by atoms with van der Waals surface area (Å²) in [6.45, 7) is 5.94. The van der Waals surface area contributed by atoms with Gasteiger partial charge in [-0.3, -0.25) is 9.78 Å². The quantitative estimate of drug-likeness (QED) is 0.825. The van der Waals surface area contributed by atoms with E-state index in [-0.39, 0.29) is 0 Å². The molecule has 0 fully saturated rings. The SMILES string of the molecule is Cc1ccc(C(CC(C)C)C(=O)O)cn1. The number of hydrogen-bond acceptors (Lipinski definition) is 2. The third kappa shape index (κ3) is 3.35. The Hall–Kier alpha value is -1.38. The summed E-state index contributed by atoms with van der Waals surface area (Å²) in [5.74, 6) is -0.833. The zero-order chi connectivity index (χ0) is 11.4. The van der Waals surface area contributed by atoms with Crippen LogP contribution in [0, 0.1) is 12.8 Å². The molecule has 0 saturated carbocycles. The first-order chi connectivity index (χ1) is 7.00. The van der Waals surface area contributed by atoms with Gasteiger partial charge in [-0.15, -0.1) is 0 Å². The lowest BCUT2D eigenvalue weighted by atomic mass is 9.91. The molecule has 0 spiro atoms. The van der Waals surface area contributed by atoms with Gasteiger partial charge in [-0.1, -0.05) is 19.9 Å². The predicted octanol–water partition coefficient (Wildman–Crippen LogP) is 2.60. The van der Waals surface area contributed by atoms with Gasteiger partial charge in [-0.25, -0.2) is 0 Å². The number of rotatable bonds is 4. The van der Waals surface area contributed by atoms with Gasteiger partial charge in [-0.05, 0) is 30.9 Å². The van der Waals surface area contributed by atoms with Crippen molar-refractivity contribution in [1.82, 2.24) is 4.98 Å². The molecule has 0 radical (unpaired) electrons. The molecule has 0 saturated heterocycles. The van der Waals surface area contributed by atoms with Crippen LogP contribution in [0.25, 0.3) is 0 Å². The van der Waals surface area contributed by atoms with Crippen molar-refractivity contribution in [3.8, 4) is 0 Å². The molecule has 3 heteroatoms. The molecule has 1 heterocycles. The van der Waals surface area contributed by atoms with Gasteiger partial charge in [0.15, 0.2) is 0 Å². The minimum absolute atomic E-state index is 0.368. The standard InChI is InChI=1S/C12H17NO2/c1-8(2)6-11(12(14)15)10-5-4-9(3)13-7-10/h4-5,7-8,11H,6H2,1-3H3,(H,14,15). The highest BCUT2D eigenvalue weighted by atomic mass is 16.4. The molecule has 0 aliphatic heterocycles. The minimum atomic E-state index is -0.769. The van der Waals surface area contributed by atoms with Crippen molar-refractivity contribution < 1.29 is 9.90 Å². The summed E-state index contributed by atoms with van der Waals surface area (Å²) in [6, 6.07) is 3.70. The minimum Gasteiger partial charge on any atom is -0.481 e. The second kappa shape index (κ2) is 4.91. The van der Waals surface area contributed by atoms with Crippen LogP contribution in [-0.4, -0.2) is 16.1 Å². The number of carboxylic acids is 1. The third-order valence-electron chi connectivity index (χ3n) is 2.34. The zero-order valence-electron chi connectivity index (χ0n) is 9.40. The Morgan fingerprint density at radius 2 is 2.13 bits per heavy atom. The van der Waals surface area contributed by atoms with E-state index in [1.807, 2.05) is 32.9 Å². The average molecular weight is 207 g/mol. The molecule has 0 aromatic carbocycles. The van der Waals surface area contributed by atoms with Gasteiger partial charge < -0.3 is 5.11 Å². The van der Waals surface area contributed by atoms with Crippen LogP contribution in [0.4, 0.5) is 0 Å². The van der Waals surface area contributed by atoms with Crippen LogP contribution in [-0.2, 0) is 4.79 Å². The van der Waals surface area contributed by atoms with Crippen LogP contribution in [0.1, 0.15) is 37.4 Å². The number of nitrogens with zero attached hydrogens (tertiary/aromatic N) is 1. The Balaban J connectivity index is 2.89. The van der Waals surface area contributed by atoms with E-state index in [9.17, 15) is 4.79 Å². The molecular formula is C12H17NO2. The maximum Gasteiger partial charge on any atom is 0.311 e. The first kappa shape index (κ1) is 11.7. The van der Waals surface area contributed by atoms with E-state index in [1.165, 1.54) is 0 Å². The van der Waals surface area contributed by atoms with Gasteiger partial charge in [0.25, 0.3) is 0 Å². The Morgan fingerprint density at radius 3 is 2.53 bits per heavy atom. The molecular weight excluding hydrogens is 190 g/mol. The van der Waals surface area contributed by atoms with E-state index in [1.54, 1.807) is 6.20 Å². The lowest BCUT2D eigenvalue weighted by Crippen LogP contribution is -2.14. The maximum atomic E-state index is 11.1. The zero-order valence-corrected chi connectivity index (χ0v) is 9.40. The molecule has 1 rings (SSSR count). The van der Waals surface area contributed by atoms with Crippen molar-refractivity contribution in [2.45, 2.75) is 33.1 Å². The van der Waals surface area contributed by atoms with Crippen LogP contribution < -0.4 is 0 Å². The Labute approximate surface area is 90.2 Å². The summed E-state index contributed by atoms with van der Waals surface area (Å²) < 4.78 is 0. The smallest absolute Gasteiger partial charge is 0.311 e. The van der Waals surface area contributed by atoms with E-state index < -0.39 is 11.9 Å². The average Bonchev–Trinajstić information content (AvgIpc) is 2.15. The number of aliphatic carboxylic acids is 1. The first-order valence-corrected chi connectivity index (χ1v) is 5.16. The van der Waals surface area contributed by atoms with E-state index in [4.69, 9.17) is 5.11 Å². The third-order valence-corrected chi connectivity index (χ3v) is 2.34. The van der Waals surface area contributed by atoms with Crippen LogP contribution >= 0.6 is 0 Å². The molecule has 0 aliphatic carbocycles. The lowest BCUT2D eigenvalue weighted by Gasteiger charge is -2.14. The number of carboxylic acid groups (broad SMARTS) is 1. The predicted molar refractivity (Wildman–Crippen MR) is 58.8 cm³/mol. The fourth-order valence-corrected chi connectivity index (χ4v) is 1.54. The summed E-state index contributed by atoms with van der Waals surface area (Å²) in [5, 5.41) is 9.12. The lowest BCUT2D eigenvalue weighted by molar-refractivity contribution is -0.139. The number of carbonyl (C=O) groups is 1. The first-order valence-electron chi connectivity index (χ1n) is 5.16. The van der Waals surface area contributed by atoms with Gasteiger partial charge >= 0.3 is 5.97 Å². The van der Waals surface area contributed by atoms with Crippen LogP contribution in [0.5, 0.6) is 0 Å². The molecule has 1 aromatic heterocycles.